The molecule has 1 heterocycles. The van der Waals surface area contributed by atoms with Crippen LogP contribution in [0.4, 0.5) is 0 Å². The number of ketones is 1. The maximum absolute atomic E-state index is 13.2. The van der Waals surface area contributed by atoms with Gasteiger partial charge in [0.1, 0.15) is 5.78 Å². The van der Waals surface area contributed by atoms with Gasteiger partial charge < -0.3 is 14.7 Å². The average Bonchev–Trinajstić information content (AvgIpc) is 3.08. The third-order valence-electron chi connectivity index (χ3n) is 9.54. The Hall–Kier alpha value is -2.04. The molecular weight excluding hydrogens is 414 g/mol. The first-order chi connectivity index (χ1) is 15.9. The lowest BCUT2D eigenvalue weighted by atomic mass is 9.54. The number of methoxy groups -OCH3 is 1. The van der Waals surface area contributed by atoms with Crippen LogP contribution in [0, 0.1) is 23.2 Å². The second-order valence-corrected chi connectivity index (χ2v) is 11.2. The fourth-order valence-electron chi connectivity index (χ4n) is 7.89. The van der Waals surface area contributed by atoms with Crippen molar-refractivity contribution in [3.05, 3.63) is 23.3 Å². The van der Waals surface area contributed by atoms with Gasteiger partial charge in [-0.1, -0.05) is 6.92 Å². The van der Waals surface area contributed by atoms with Crippen LogP contribution in [0.15, 0.2) is 12.1 Å². The van der Waals surface area contributed by atoms with Crippen LogP contribution in [0.25, 0.3) is 0 Å². The Kier molecular flexibility index (Phi) is 6.17. The van der Waals surface area contributed by atoms with Crippen LogP contribution in [-0.4, -0.2) is 41.9 Å². The van der Waals surface area contributed by atoms with Crippen LogP contribution < -0.4 is 4.74 Å². The molecule has 5 nitrogen and oxygen atoms in total. The summed E-state index contributed by atoms with van der Waals surface area (Å²) in [5, 5.41) is 10.3. The fraction of sp³-hybridized carbons (Fsp3) is 0.714. The lowest BCUT2D eigenvalue weighted by Gasteiger charge is -2.50. The van der Waals surface area contributed by atoms with E-state index < -0.39 is 0 Å². The second kappa shape index (κ2) is 8.96. The van der Waals surface area contributed by atoms with E-state index >= 15 is 0 Å². The SMILES string of the molecule is COc1cc2c(cc1O)CCC1[C@@H]2CC[C@]2(C)C(=O)C[C@H](CCCC(=O)N3CCCCC3)[C@@H]12. The molecule has 1 saturated heterocycles. The third-order valence-corrected chi connectivity index (χ3v) is 9.54. The van der Waals surface area contributed by atoms with Crippen molar-refractivity contribution in [1.82, 2.24) is 4.90 Å². The highest BCUT2D eigenvalue weighted by atomic mass is 16.5. The zero-order valence-corrected chi connectivity index (χ0v) is 20.3. The van der Waals surface area contributed by atoms with Gasteiger partial charge in [0.05, 0.1) is 7.11 Å². The number of amides is 1. The Morgan fingerprint density at radius 2 is 2.00 bits per heavy atom. The van der Waals surface area contributed by atoms with Crippen LogP contribution in [-0.2, 0) is 16.0 Å². The number of likely N-dealkylation sites (tertiary alicyclic amines) is 1. The van der Waals surface area contributed by atoms with Gasteiger partial charge in [-0.2, -0.15) is 0 Å². The van der Waals surface area contributed by atoms with Crippen molar-refractivity contribution in [3.63, 3.8) is 0 Å². The number of hydrogen-bond donors (Lipinski definition) is 1. The van der Waals surface area contributed by atoms with Crippen LogP contribution >= 0.6 is 0 Å². The molecule has 0 aromatic heterocycles. The summed E-state index contributed by atoms with van der Waals surface area (Å²) < 4.78 is 5.42. The van der Waals surface area contributed by atoms with Crippen molar-refractivity contribution in [2.75, 3.05) is 20.2 Å². The largest absolute Gasteiger partial charge is 0.504 e. The number of aromatic hydroxyl groups is 1. The normalized spacial score (nSPS) is 33.3. The van der Waals surface area contributed by atoms with E-state index in [4.69, 9.17) is 4.74 Å². The van der Waals surface area contributed by atoms with Gasteiger partial charge in [-0.05, 0) is 105 Å². The Bertz CT molecular complexity index is 921. The van der Waals surface area contributed by atoms with E-state index in [1.165, 1.54) is 17.5 Å². The molecule has 1 unspecified atom stereocenters. The maximum atomic E-state index is 13.2. The summed E-state index contributed by atoms with van der Waals surface area (Å²) >= 11 is 0. The topological polar surface area (TPSA) is 66.8 Å². The smallest absolute Gasteiger partial charge is 0.222 e. The van der Waals surface area contributed by atoms with Crippen molar-refractivity contribution >= 4 is 11.7 Å². The van der Waals surface area contributed by atoms with Crippen molar-refractivity contribution in [2.24, 2.45) is 23.2 Å². The van der Waals surface area contributed by atoms with Gasteiger partial charge in [0.25, 0.3) is 0 Å². The molecule has 0 radical (unpaired) electrons. The van der Waals surface area contributed by atoms with Crippen molar-refractivity contribution < 1.29 is 19.4 Å². The van der Waals surface area contributed by atoms with Gasteiger partial charge in [0, 0.05) is 31.3 Å². The third kappa shape index (κ3) is 3.95. The van der Waals surface area contributed by atoms with E-state index in [2.05, 4.69) is 6.92 Å². The molecule has 3 aliphatic carbocycles. The molecule has 1 aromatic carbocycles. The highest BCUT2D eigenvalue weighted by Gasteiger charge is 2.58. The maximum Gasteiger partial charge on any atom is 0.222 e. The number of nitrogens with zero attached hydrogens (tertiary/aromatic N) is 1. The number of carbonyl (C=O) groups excluding carboxylic acids is 2. The first kappa shape index (κ1) is 22.7. The molecule has 3 fully saturated rings. The van der Waals surface area contributed by atoms with Crippen LogP contribution in [0.1, 0.15) is 88.2 Å². The van der Waals surface area contributed by atoms with E-state index in [1.807, 2.05) is 17.0 Å². The van der Waals surface area contributed by atoms with Crippen LogP contribution in [0.5, 0.6) is 11.5 Å². The van der Waals surface area contributed by atoms with E-state index in [9.17, 15) is 14.7 Å². The van der Waals surface area contributed by atoms with Crippen molar-refractivity contribution in [3.8, 4) is 11.5 Å². The molecule has 0 spiro atoms. The highest BCUT2D eigenvalue weighted by molar-refractivity contribution is 5.87. The summed E-state index contributed by atoms with van der Waals surface area (Å²) in [7, 11) is 1.61. The Balaban J connectivity index is 1.32. The molecule has 5 heteroatoms. The number of hydrogen-bond acceptors (Lipinski definition) is 4. The predicted molar refractivity (Wildman–Crippen MR) is 127 cm³/mol. The molecule has 180 valence electrons. The van der Waals surface area contributed by atoms with Gasteiger partial charge in [-0.15, -0.1) is 0 Å². The van der Waals surface area contributed by atoms with Gasteiger partial charge >= 0.3 is 0 Å². The number of carbonyl (C=O) groups is 2. The number of Topliss-reactive ketones (excluding diaryl/α,β-unsaturated/α-hetero) is 1. The van der Waals surface area contributed by atoms with Crippen LogP contribution in [0.3, 0.4) is 0 Å². The lowest BCUT2D eigenvalue weighted by Crippen LogP contribution is -2.44. The minimum absolute atomic E-state index is 0.207. The average molecular weight is 454 g/mol. The number of piperidine rings is 1. The summed E-state index contributed by atoms with van der Waals surface area (Å²) in [6.07, 6.45) is 10.7. The van der Waals surface area contributed by atoms with Crippen LogP contribution in [0.2, 0.25) is 0 Å². The summed E-state index contributed by atoms with van der Waals surface area (Å²) in [6.45, 7) is 4.06. The molecule has 1 aliphatic heterocycles. The molecule has 5 atom stereocenters. The number of phenolic OH excluding ortho intramolecular Hbond substituents is 1. The number of aryl methyl sites for hydroxylation is 1. The van der Waals surface area contributed by atoms with E-state index in [1.54, 1.807) is 7.11 Å². The Morgan fingerprint density at radius 1 is 1.21 bits per heavy atom. The first-order valence-electron chi connectivity index (χ1n) is 13.1. The van der Waals surface area contributed by atoms with Gasteiger partial charge in [0.2, 0.25) is 5.91 Å². The Labute approximate surface area is 197 Å². The van der Waals surface area contributed by atoms with E-state index in [0.717, 1.165) is 64.5 Å². The fourth-order valence-corrected chi connectivity index (χ4v) is 7.89. The number of phenols is 1. The number of benzene rings is 1. The lowest BCUT2D eigenvalue weighted by molar-refractivity contribution is -0.132. The summed E-state index contributed by atoms with van der Waals surface area (Å²) in [5.74, 6) is 3.27. The monoisotopic (exact) mass is 453 g/mol. The van der Waals surface area contributed by atoms with Crippen molar-refractivity contribution in [2.45, 2.75) is 83.5 Å². The molecule has 33 heavy (non-hydrogen) atoms. The van der Waals surface area contributed by atoms with Gasteiger partial charge in [0.15, 0.2) is 11.5 Å². The molecule has 5 rings (SSSR count). The summed E-state index contributed by atoms with van der Waals surface area (Å²) in [5.41, 5.74) is 2.36. The highest BCUT2D eigenvalue weighted by Crippen LogP contribution is 2.62. The van der Waals surface area contributed by atoms with Crippen molar-refractivity contribution in [1.29, 1.82) is 0 Å². The molecule has 1 aromatic rings. The zero-order chi connectivity index (χ0) is 23.2. The number of rotatable bonds is 5. The van der Waals surface area contributed by atoms with E-state index in [0.29, 0.717) is 54.0 Å². The van der Waals surface area contributed by atoms with Gasteiger partial charge in [-0.25, -0.2) is 0 Å². The minimum atomic E-state index is -0.207. The number of ether oxygens (including phenoxy) is 1. The summed E-state index contributed by atoms with van der Waals surface area (Å²) in [4.78, 5) is 27.9. The predicted octanol–water partition coefficient (Wildman–Crippen LogP) is 5.23. The summed E-state index contributed by atoms with van der Waals surface area (Å²) in [6, 6.07) is 3.94. The molecular formula is C28H39NO4. The Morgan fingerprint density at radius 3 is 2.76 bits per heavy atom. The molecule has 2 saturated carbocycles. The second-order valence-electron chi connectivity index (χ2n) is 11.2. The first-order valence-corrected chi connectivity index (χ1v) is 13.1. The molecule has 0 bridgehead atoms. The number of fused-ring (bicyclic) bond motifs is 5. The quantitative estimate of drug-likeness (QED) is 0.662. The zero-order valence-electron chi connectivity index (χ0n) is 20.3. The minimum Gasteiger partial charge on any atom is -0.504 e. The van der Waals surface area contributed by atoms with Gasteiger partial charge in [-0.3, -0.25) is 9.59 Å². The molecule has 4 aliphatic rings. The molecule has 1 amide bonds. The standard InChI is InChI=1S/C28H39NO4/c1-28-12-11-20-21(10-9-18-15-23(30)24(33-2)17-22(18)20)27(28)19(16-25(28)31)7-6-8-26(32)29-13-4-3-5-14-29/h15,17,19-21,27,30H,3-14,16H2,1-2H3/t19-,20-,21?,27-,28+/m0/s1. The van der Waals surface area contributed by atoms with E-state index in [-0.39, 0.29) is 11.2 Å². The molecule has 1 N–H and O–H groups in total.